The van der Waals surface area contributed by atoms with Gasteiger partial charge < -0.3 is 5.73 Å². The van der Waals surface area contributed by atoms with Crippen molar-refractivity contribution in [3.8, 4) is 0 Å². The Morgan fingerprint density at radius 2 is 2.18 bits per heavy atom. The van der Waals surface area contributed by atoms with Gasteiger partial charge in [0, 0.05) is 0 Å². The number of hydroxylamine groups is 1. The fourth-order valence-electron chi connectivity index (χ4n) is 1.20. The van der Waals surface area contributed by atoms with E-state index >= 15 is 0 Å². The first-order valence-electron chi connectivity index (χ1n) is 5.08. The van der Waals surface area contributed by atoms with Crippen molar-refractivity contribution in [2.24, 2.45) is 5.73 Å². The van der Waals surface area contributed by atoms with Gasteiger partial charge in [0.25, 0.3) is 5.91 Å². The minimum atomic E-state index is -0.662. The van der Waals surface area contributed by atoms with Crippen LogP contribution in [-0.2, 0) is 16.1 Å². The van der Waals surface area contributed by atoms with E-state index in [1.807, 2.05) is 6.92 Å². The first-order chi connectivity index (χ1) is 8.04. The van der Waals surface area contributed by atoms with Gasteiger partial charge in [-0.1, -0.05) is 6.92 Å². The topological polar surface area (TPSA) is 107 Å². The van der Waals surface area contributed by atoms with Crippen molar-refractivity contribution in [3.05, 3.63) is 23.0 Å². The van der Waals surface area contributed by atoms with Crippen molar-refractivity contribution in [2.45, 2.75) is 20.3 Å². The number of nitrogens with one attached hydrogen (secondary N) is 1. The van der Waals surface area contributed by atoms with Gasteiger partial charge in [-0.25, -0.2) is 5.48 Å². The highest BCUT2D eigenvalue weighted by atomic mass is 16.7. The fraction of sp³-hybridized carbons (Fsp3) is 0.400. The van der Waals surface area contributed by atoms with Gasteiger partial charge in [-0.05, 0) is 19.4 Å². The van der Waals surface area contributed by atoms with Crippen molar-refractivity contribution in [2.75, 3.05) is 6.61 Å². The summed E-state index contributed by atoms with van der Waals surface area (Å²) in [4.78, 5) is 26.7. The van der Waals surface area contributed by atoms with Crippen molar-refractivity contribution < 1.29 is 14.4 Å². The van der Waals surface area contributed by atoms with E-state index in [-0.39, 0.29) is 6.61 Å². The van der Waals surface area contributed by atoms with Gasteiger partial charge in [-0.3, -0.25) is 14.4 Å². The summed E-state index contributed by atoms with van der Waals surface area (Å²) in [6, 6.07) is 1.61. The maximum absolute atomic E-state index is 11.7. The van der Waals surface area contributed by atoms with E-state index in [9.17, 15) is 9.59 Å². The Balaban J connectivity index is 2.73. The maximum Gasteiger partial charge on any atom is 0.276 e. The molecule has 0 aromatic carbocycles. The Labute approximate surface area is 98.3 Å². The smallest absolute Gasteiger partial charge is 0.276 e. The van der Waals surface area contributed by atoms with E-state index in [1.54, 1.807) is 13.0 Å². The molecule has 0 unspecified atom stereocenters. The number of carbonyl (C=O) groups is 2. The molecule has 0 atom stereocenters. The fourth-order valence-corrected chi connectivity index (χ4v) is 1.20. The number of carbonyl (C=O) groups excluding carboxylic acids is 2. The molecular weight excluding hydrogens is 224 g/mol. The molecule has 3 N–H and O–H groups in total. The highest BCUT2D eigenvalue weighted by Gasteiger charge is 2.13. The zero-order valence-corrected chi connectivity index (χ0v) is 9.69. The summed E-state index contributed by atoms with van der Waals surface area (Å²) in [7, 11) is 0. The lowest BCUT2D eigenvalue weighted by Gasteiger charge is -2.07. The second-order valence-electron chi connectivity index (χ2n) is 3.39. The highest BCUT2D eigenvalue weighted by molar-refractivity contribution is 5.94. The van der Waals surface area contributed by atoms with Crippen LogP contribution < -0.4 is 11.2 Å². The SMILES string of the molecule is CCc1nnc(C)cc1C(=O)NOCC(N)=O. The Bertz CT molecular complexity index is 434. The molecule has 0 aliphatic heterocycles. The third-order valence-corrected chi connectivity index (χ3v) is 1.95. The molecule has 7 heteroatoms. The van der Waals surface area contributed by atoms with E-state index in [0.29, 0.717) is 23.4 Å². The van der Waals surface area contributed by atoms with E-state index in [4.69, 9.17) is 5.73 Å². The first kappa shape index (κ1) is 13.0. The first-order valence-corrected chi connectivity index (χ1v) is 5.08. The van der Waals surface area contributed by atoms with E-state index < -0.39 is 11.8 Å². The summed E-state index contributed by atoms with van der Waals surface area (Å²) in [6.45, 7) is 3.22. The predicted molar refractivity (Wildman–Crippen MR) is 58.8 cm³/mol. The number of primary amides is 1. The van der Waals surface area contributed by atoms with Crippen LogP contribution in [0.4, 0.5) is 0 Å². The lowest BCUT2D eigenvalue weighted by atomic mass is 10.1. The van der Waals surface area contributed by atoms with Gasteiger partial charge in [-0.15, -0.1) is 0 Å². The minimum Gasteiger partial charge on any atom is -0.368 e. The summed E-state index contributed by atoms with van der Waals surface area (Å²) in [5.74, 6) is -1.13. The number of amides is 2. The Kier molecular flexibility index (Phi) is 4.53. The molecule has 0 fully saturated rings. The molecule has 0 spiro atoms. The Morgan fingerprint density at radius 1 is 1.47 bits per heavy atom. The summed E-state index contributed by atoms with van der Waals surface area (Å²) in [5.41, 5.74) is 8.56. The molecular formula is C10H14N4O3. The number of aromatic nitrogens is 2. The average molecular weight is 238 g/mol. The van der Waals surface area contributed by atoms with Crippen LogP contribution >= 0.6 is 0 Å². The molecule has 0 saturated carbocycles. The van der Waals surface area contributed by atoms with Gasteiger partial charge in [0.1, 0.15) is 0 Å². The van der Waals surface area contributed by atoms with Gasteiger partial charge >= 0.3 is 0 Å². The highest BCUT2D eigenvalue weighted by Crippen LogP contribution is 2.07. The normalized spacial score (nSPS) is 10.0. The molecule has 0 radical (unpaired) electrons. The molecule has 0 aliphatic carbocycles. The van der Waals surface area contributed by atoms with Crippen molar-refractivity contribution in [1.29, 1.82) is 0 Å². The lowest BCUT2D eigenvalue weighted by molar-refractivity contribution is -0.124. The summed E-state index contributed by atoms with van der Waals surface area (Å²) >= 11 is 0. The zero-order chi connectivity index (χ0) is 12.8. The standard InChI is InChI=1S/C10H14N4O3/c1-3-8-7(4-6(2)12-13-8)10(16)14-17-5-9(11)15/h4H,3,5H2,1-2H3,(H2,11,15)(H,14,16). The minimum absolute atomic E-state index is 0.370. The molecule has 1 heterocycles. The number of nitrogens with zero attached hydrogens (tertiary/aromatic N) is 2. The molecule has 0 bridgehead atoms. The monoisotopic (exact) mass is 238 g/mol. The van der Waals surface area contributed by atoms with E-state index in [1.165, 1.54) is 0 Å². The van der Waals surface area contributed by atoms with Gasteiger partial charge in [0.05, 0.1) is 17.0 Å². The van der Waals surface area contributed by atoms with Crippen molar-refractivity contribution in [1.82, 2.24) is 15.7 Å². The molecule has 0 saturated heterocycles. The number of hydrogen-bond acceptors (Lipinski definition) is 5. The third kappa shape index (κ3) is 3.80. The lowest BCUT2D eigenvalue weighted by Crippen LogP contribution is -2.30. The van der Waals surface area contributed by atoms with Gasteiger partial charge in [-0.2, -0.15) is 10.2 Å². The van der Waals surface area contributed by atoms with Crippen LogP contribution in [0.5, 0.6) is 0 Å². The predicted octanol–water partition coefficient (Wildman–Crippen LogP) is -0.506. The van der Waals surface area contributed by atoms with Crippen LogP contribution in [0.15, 0.2) is 6.07 Å². The molecule has 0 aliphatic rings. The summed E-state index contributed by atoms with van der Waals surface area (Å²) in [5, 5.41) is 7.76. The molecule has 2 amide bonds. The Morgan fingerprint density at radius 3 is 2.76 bits per heavy atom. The number of aryl methyl sites for hydroxylation is 2. The molecule has 92 valence electrons. The quantitative estimate of drug-likeness (QED) is 0.672. The van der Waals surface area contributed by atoms with Crippen LogP contribution in [0.2, 0.25) is 0 Å². The summed E-state index contributed by atoms with van der Waals surface area (Å²) < 4.78 is 0. The second-order valence-corrected chi connectivity index (χ2v) is 3.39. The van der Waals surface area contributed by atoms with Crippen LogP contribution in [0.25, 0.3) is 0 Å². The maximum atomic E-state index is 11.7. The number of rotatable bonds is 5. The molecule has 17 heavy (non-hydrogen) atoms. The van der Waals surface area contributed by atoms with Crippen LogP contribution in [0, 0.1) is 6.92 Å². The molecule has 1 aromatic rings. The van der Waals surface area contributed by atoms with Crippen LogP contribution in [0.3, 0.4) is 0 Å². The number of hydrogen-bond donors (Lipinski definition) is 2. The van der Waals surface area contributed by atoms with Gasteiger partial charge in [0.15, 0.2) is 6.61 Å². The molecule has 1 aromatic heterocycles. The van der Waals surface area contributed by atoms with Gasteiger partial charge in [0.2, 0.25) is 5.91 Å². The second kappa shape index (κ2) is 5.90. The average Bonchev–Trinajstić information content (AvgIpc) is 2.28. The summed E-state index contributed by atoms with van der Waals surface area (Å²) in [6.07, 6.45) is 0.575. The van der Waals surface area contributed by atoms with Crippen LogP contribution in [0.1, 0.15) is 28.7 Å². The molecule has 1 rings (SSSR count). The van der Waals surface area contributed by atoms with Crippen LogP contribution in [-0.4, -0.2) is 28.6 Å². The third-order valence-electron chi connectivity index (χ3n) is 1.95. The zero-order valence-electron chi connectivity index (χ0n) is 9.69. The number of nitrogens with two attached hydrogens (primary N) is 1. The Hall–Kier alpha value is -2.02. The van der Waals surface area contributed by atoms with E-state index in [2.05, 4.69) is 20.5 Å². The van der Waals surface area contributed by atoms with E-state index in [0.717, 1.165) is 0 Å². The molecule has 7 nitrogen and oxygen atoms in total. The largest absolute Gasteiger partial charge is 0.368 e. The van der Waals surface area contributed by atoms with Crippen molar-refractivity contribution >= 4 is 11.8 Å². The van der Waals surface area contributed by atoms with Crippen molar-refractivity contribution in [3.63, 3.8) is 0 Å².